The minimum absolute atomic E-state index is 0.0806. The van der Waals surface area contributed by atoms with E-state index in [0.29, 0.717) is 6.42 Å². The molecule has 0 bridgehead atoms. The molecule has 1 heterocycles. The van der Waals surface area contributed by atoms with Gasteiger partial charge in [0.15, 0.2) is 0 Å². The molecular formula is C10H21NO2. The van der Waals surface area contributed by atoms with E-state index in [9.17, 15) is 5.11 Å². The minimum atomic E-state index is -0.361. The van der Waals surface area contributed by atoms with E-state index in [1.165, 1.54) is 12.8 Å². The van der Waals surface area contributed by atoms with Crippen LogP contribution in [0.25, 0.3) is 0 Å². The highest BCUT2D eigenvalue weighted by Gasteiger charge is 2.28. The van der Waals surface area contributed by atoms with Gasteiger partial charge in [0.1, 0.15) is 0 Å². The maximum absolute atomic E-state index is 9.57. The second-order valence-corrected chi connectivity index (χ2v) is 4.31. The maximum Gasteiger partial charge on any atom is 0.0579 e. The third kappa shape index (κ3) is 3.63. The molecule has 78 valence electrons. The molecular weight excluding hydrogens is 166 g/mol. The van der Waals surface area contributed by atoms with E-state index in [4.69, 9.17) is 5.11 Å². The average molecular weight is 187 g/mol. The first-order valence-corrected chi connectivity index (χ1v) is 5.20. The summed E-state index contributed by atoms with van der Waals surface area (Å²) in [5.41, 5.74) is 0.0901. The summed E-state index contributed by atoms with van der Waals surface area (Å²) in [6, 6.07) is 0. The molecule has 3 N–H and O–H groups in total. The zero-order valence-electron chi connectivity index (χ0n) is 8.42. The summed E-state index contributed by atoms with van der Waals surface area (Å²) >= 11 is 0. The van der Waals surface area contributed by atoms with Crippen LogP contribution in [0.1, 0.15) is 39.0 Å². The Labute approximate surface area is 80.2 Å². The van der Waals surface area contributed by atoms with Crippen LogP contribution in [0.15, 0.2) is 0 Å². The number of aliphatic hydroxyl groups is 2. The molecule has 0 aliphatic carbocycles. The van der Waals surface area contributed by atoms with Gasteiger partial charge in [0.05, 0.1) is 6.10 Å². The normalized spacial score (nSPS) is 31.6. The molecule has 2 unspecified atom stereocenters. The van der Waals surface area contributed by atoms with E-state index in [2.05, 4.69) is 12.2 Å². The summed E-state index contributed by atoms with van der Waals surface area (Å²) in [6.07, 6.45) is 4.52. The Morgan fingerprint density at radius 2 is 2.23 bits per heavy atom. The Morgan fingerprint density at radius 1 is 1.46 bits per heavy atom. The third-order valence-corrected chi connectivity index (χ3v) is 2.86. The highest BCUT2D eigenvalue weighted by molar-refractivity contribution is 4.88. The van der Waals surface area contributed by atoms with Crippen LogP contribution in [0.2, 0.25) is 0 Å². The smallest absolute Gasteiger partial charge is 0.0579 e. The molecule has 13 heavy (non-hydrogen) atoms. The molecule has 0 amide bonds. The second-order valence-electron chi connectivity index (χ2n) is 4.31. The topological polar surface area (TPSA) is 52.5 Å². The zero-order valence-corrected chi connectivity index (χ0v) is 8.42. The van der Waals surface area contributed by atoms with Gasteiger partial charge in [-0.05, 0) is 39.2 Å². The van der Waals surface area contributed by atoms with Gasteiger partial charge in [0.2, 0.25) is 0 Å². The van der Waals surface area contributed by atoms with Crippen molar-refractivity contribution in [1.82, 2.24) is 5.32 Å². The molecule has 1 rings (SSSR count). The molecule has 0 aromatic carbocycles. The van der Waals surface area contributed by atoms with Gasteiger partial charge in [-0.15, -0.1) is 0 Å². The van der Waals surface area contributed by atoms with Gasteiger partial charge in [-0.2, -0.15) is 0 Å². The standard InChI is InChI=1S/C10H21NO2/c1-10(5-2-3-6-11-10)8-9(13)4-7-12/h9,11-13H,2-8H2,1H3. The summed E-state index contributed by atoms with van der Waals surface area (Å²) < 4.78 is 0. The van der Waals surface area contributed by atoms with Crippen molar-refractivity contribution in [2.24, 2.45) is 0 Å². The summed E-state index contributed by atoms with van der Waals surface area (Å²) in [7, 11) is 0. The maximum atomic E-state index is 9.57. The first-order valence-electron chi connectivity index (χ1n) is 5.20. The zero-order chi connectivity index (χ0) is 9.73. The predicted molar refractivity (Wildman–Crippen MR) is 52.6 cm³/mol. The first-order chi connectivity index (χ1) is 6.16. The summed E-state index contributed by atoms with van der Waals surface area (Å²) in [6.45, 7) is 3.30. The van der Waals surface area contributed by atoms with Gasteiger partial charge in [0, 0.05) is 12.1 Å². The molecule has 1 saturated heterocycles. The fourth-order valence-electron chi connectivity index (χ4n) is 2.06. The molecule has 2 atom stereocenters. The Bertz CT molecular complexity index is 144. The molecule has 0 aromatic heterocycles. The highest BCUT2D eigenvalue weighted by Crippen LogP contribution is 2.24. The predicted octanol–water partition coefficient (Wildman–Crippen LogP) is 0.652. The Morgan fingerprint density at radius 3 is 2.77 bits per heavy atom. The number of nitrogens with one attached hydrogen (secondary N) is 1. The number of piperidine rings is 1. The summed E-state index contributed by atoms with van der Waals surface area (Å²) in [5, 5.41) is 21.7. The molecule has 0 saturated carbocycles. The quantitative estimate of drug-likeness (QED) is 0.606. The summed E-state index contributed by atoms with van der Waals surface area (Å²) in [4.78, 5) is 0. The minimum Gasteiger partial charge on any atom is -0.396 e. The van der Waals surface area contributed by atoms with Crippen molar-refractivity contribution >= 4 is 0 Å². The number of rotatable bonds is 4. The van der Waals surface area contributed by atoms with Crippen LogP contribution in [0.5, 0.6) is 0 Å². The lowest BCUT2D eigenvalue weighted by Crippen LogP contribution is -2.48. The average Bonchev–Trinajstić information content (AvgIpc) is 2.04. The van der Waals surface area contributed by atoms with Crippen molar-refractivity contribution in [1.29, 1.82) is 0 Å². The van der Waals surface area contributed by atoms with Crippen molar-refractivity contribution in [2.45, 2.75) is 50.7 Å². The first kappa shape index (κ1) is 11.0. The number of hydrogen-bond acceptors (Lipinski definition) is 3. The van der Waals surface area contributed by atoms with E-state index in [-0.39, 0.29) is 18.2 Å². The van der Waals surface area contributed by atoms with E-state index in [1.54, 1.807) is 0 Å². The lowest BCUT2D eigenvalue weighted by atomic mass is 9.85. The molecule has 0 spiro atoms. The van der Waals surface area contributed by atoms with Gasteiger partial charge in [0.25, 0.3) is 0 Å². The Kier molecular flexibility index (Phi) is 4.16. The van der Waals surface area contributed by atoms with Crippen molar-refractivity contribution in [2.75, 3.05) is 13.2 Å². The summed E-state index contributed by atoms with van der Waals surface area (Å²) in [5.74, 6) is 0. The molecule has 1 aliphatic rings. The van der Waals surface area contributed by atoms with Crippen molar-refractivity contribution in [3.05, 3.63) is 0 Å². The van der Waals surface area contributed by atoms with Crippen LogP contribution in [-0.4, -0.2) is 35.0 Å². The fraction of sp³-hybridized carbons (Fsp3) is 1.00. The van der Waals surface area contributed by atoms with Crippen molar-refractivity contribution in [3.8, 4) is 0 Å². The molecule has 0 radical (unpaired) electrons. The second kappa shape index (κ2) is 4.94. The van der Waals surface area contributed by atoms with Gasteiger partial charge in [-0.1, -0.05) is 6.42 Å². The lowest BCUT2D eigenvalue weighted by Gasteiger charge is -2.36. The van der Waals surface area contributed by atoms with Crippen molar-refractivity contribution in [3.63, 3.8) is 0 Å². The fourth-order valence-corrected chi connectivity index (χ4v) is 2.06. The van der Waals surface area contributed by atoms with Crippen LogP contribution in [0.4, 0.5) is 0 Å². The Balaban J connectivity index is 2.31. The molecule has 1 aliphatic heterocycles. The third-order valence-electron chi connectivity index (χ3n) is 2.86. The van der Waals surface area contributed by atoms with Gasteiger partial charge >= 0.3 is 0 Å². The molecule has 3 heteroatoms. The largest absolute Gasteiger partial charge is 0.396 e. The number of aliphatic hydroxyl groups excluding tert-OH is 2. The van der Waals surface area contributed by atoms with Crippen LogP contribution in [-0.2, 0) is 0 Å². The molecule has 3 nitrogen and oxygen atoms in total. The SMILES string of the molecule is CC1(CC(O)CCO)CCCCN1. The van der Waals surface area contributed by atoms with Crippen LogP contribution in [0, 0.1) is 0 Å². The van der Waals surface area contributed by atoms with E-state index < -0.39 is 0 Å². The van der Waals surface area contributed by atoms with Gasteiger partial charge < -0.3 is 15.5 Å². The van der Waals surface area contributed by atoms with E-state index in [1.807, 2.05) is 0 Å². The molecule has 1 fully saturated rings. The van der Waals surface area contributed by atoms with Gasteiger partial charge in [-0.25, -0.2) is 0 Å². The van der Waals surface area contributed by atoms with Crippen LogP contribution in [0.3, 0.4) is 0 Å². The Hall–Kier alpha value is -0.120. The van der Waals surface area contributed by atoms with Crippen LogP contribution < -0.4 is 5.32 Å². The monoisotopic (exact) mass is 187 g/mol. The van der Waals surface area contributed by atoms with E-state index in [0.717, 1.165) is 19.4 Å². The van der Waals surface area contributed by atoms with Crippen molar-refractivity contribution < 1.29 is 10.2 Å². The lowest BCUT2D eigenvalue weighted by molar-refractivity contribution is 0.0858. The molecule has 0 aromatic rings. The number of hydrogen-bond donors (Lipinski definition) is 3. The van der Waals surface area contributed by atoms with Gasteiger partial charge in [-0.3, -0.25) is 0 Å². The van der Waals surface area contributed by atoms with E-state index >= 15 is 0 Å². The highest BCUT2D eigenvalue weighted by atomic mass is 16.3. The van der Waals surface area contributed by atoms with Crippen LogP contribution >= 0.6 is 0 Å².